The zero-order chi connectivity index (χ0) is 24.0. The number of aromatic nitrogens is 4. The van der Waals surface area contributed by atoms with Crippen molar-refractivity contribution in [3.8, 4) is 11.5 Å². The number of anilines is 1. The number of rotatable bonds is 4. The normalized spacial score (nSPS) is 16.9. The highest BCUT2D eigenvalue weighted by Gasteiger charge is 2.35. The van der Waals surface area contributed by atoms with Crippen LogP contribution in [0.5, 0.6) is 0 Å². The molecule has 1 aliphatic rings. The SMILES string of the molecule is O=C(c1c[nH]c(-c2nc3c(F)c(N4CCC[C@@H](O)C4)ncc3[nH]2)c1)c1ccccc1C(F)(F)F. The molecule has 0 unspecified atom stereocenters. The maximum Gasteiger partial charge on any atom is 0.417 e. The second kappa shape index (κ2) is 8.24. The second-order valence-corrected chi connectivity index (χ2v) is 8.16. The highest BCUT2D eigenvalue weighted by molar-refractivity contribution is 6.10. The van der Waals surface area contributed by atoms with Gasteiger partial charge in [-0.05, 0) is 25.0 Å². The number of hydrogen-bond donors (Lipinski definition) is 3. The number of carbonyl (C=O) groups excluding carboxylic acids is 1. The maximum absolute atomic E-state index is 15.2. The van der Waals surface area contributed by atoms with Gasteiger partial charge in [-0.25, -0.2) is 14.4 Å². The smallest absolute Gasteiger partial charge is 0.391 e. The Labute approximate surface area is 190 Å². The van der Waals surface area contributed by atoms with E-state index in [-0.39, 0.29) is 29.3 Å². The molecule has 0 saturated carbocycles. The van der Waals surface area contributed by atoms with Crippen LogP contribution >= 0.6 is 0 Å². The van der Waals surface area contributed by atoms with Gasteiger partial charge < -0.3 is 20.0 Å². The van der Waals surface area contributed by atoms with E-state index in [4.69, 9.17) is 0 Å². The maximum atomic E-state index is 15.2. The summed E-state index contributed by atoms with van der Waals surface area (Å²) in [6.07, 6.45) is -1.15. The van der Waals surface area contributed by atoms with Crippen LogP contribution in [0.3, 0.4) is 0 Å². The number of alkyl halides is 3. The predicted octanol–water partition coefficient (Wildman–Crippen LogP) is 4.30. The lowest BCUT2D eigenvalue weighted by atomic mass is 9.99. The Morgan fingerprint density at radius 2 is 2.03 bits per heavy atom. The average molecular weight is 473 g/mol. The monoisotopic (exact) mass is 473 g/mol. The number of β-amino-alcohol motifs (C(OH)–C–C–N with tert-alkyl or cyclic N) is 1. The Hall–Kier alpha value is -3.73. The molecule has 4 heterocycles. The number of pyridine rings is 1. The third-order valence-corrected chi connectivity index (χ3v) is 5.83. The summed E-state index contributed by atoms with van der Waals surface area (Å²) in [4.78, 5) is 28.6. The van der Waals surface area contributed by atoms with Gasteiger partial charge in [0.2, 0.25) is 0 Å². The minimum atomic E-state index is -4.67. The highest BCUT2D eigenvalue weighted by Crippen LogP contribution is 2.33. The number of carbonyl (C=O) groups is 1. The molecule has 0 aliphatic carbocycles. The minimum absolute atomic E-state index is 0.00810. The minimum Gasteiger partial charge on any atom is -0.391 e. The van der Waals surface area contributed by atoms with Gasteiger partial charge in [0, 0.05) is 30.4 Å². The largest absolute Gasteiger partial charge is 0.417 e. The van der Waals surface area contributed by atoms with Crippen molar-refractivity contribution < 1.29 is 27.5 Å². The quantitative estimate of drug-likeness (QED) is 0.303. The van der Waals surface area contributed by atoms with Crippen molar-refractivity contribution in [2.45, 2.75) is 25.1 Å². The van der Waals surface area contributed by atoms with Crippen molar-refractivity contribution >= 4 is 22.6 Å². The molecule has 176 valence electrons. The number of aliphatic hydroxyl groups excluding tert-OH is 1. The van der Waals surface area contributed by atoms with E-state index in [0.717, 1.165) is 12.1 Å². The summed E-state index contributed by atoms with van der Waals surface area (Å²) in [5, 5.41) is 9.88. The standard InChI is InChI=1S/C23H19F4N5O2/c24-18-19-17(10-29-22(18)32-7-3-4-13(33)11-32)30-21(31-19)16-8-12(9-28-16)20(34)14-5-1-2-6-15(14)23(25,26)27/h1-2,5-6,8-10,13,28,33H,3-4,7,11H2,(H,30,31)/t13-/m1/s1. The summed E-state index contributed by atoms with van der Waals surface area (Å²) >= 11 is 0. The Balaban J connectivity index is 1.47. The molecule has 7 nitrogen and oxygen atoms in total. The predicted molar refractivity (Wildman–Crippen MR) is 116 cm³/mol. The Morgan fingerprint density at radius 3 is 2.79 bits per heavy atom. The molecule has 3 N–H and O–H groups in total. The number of nitrogens with one attached hydrogen (secondary N) is 2. The van der Waals surface area contributed by atoms with Crippen molar-refractivity contribution in [3.05, 3.63) is 65.2 Å². The molecule has 0 amide bonds. The fraction of sp³-hybridized carbons (Fsp3) is 0.261. The number of aliphatic hydroxyl groups is 1. The van der Waals surface area contributed by atoms with Crippen LogP contribution in [0.2, 0.25) is 0 Å². The van der Waals surface area contributed by atoms with Crippen molar-refractivity contribution in [1.29, 1.82) is 0 Å². The average Bonchev–Trinajstić information content (AvgIpc) is 3.46. The van der Waals surface area contributed by atoms with E-state index in [1.807, 2.05) is 0 Å². The lowest BCUT2D eigenvalue weighted by molar-refractivity contribution is -0.137. The van der Waals surface area contributed by atoms with Gasteiger partial charge in [-0.1, -0.05) is 18.2 Å². The number of nitrogens with zero attached hydrogens (tertiary/aromatic N) is 3. The van der Waals surface area contributed by atoms with E-state index in [1.54, 1.807) is 4.90 Å². The number of fused-ring (bicyclic) bond motifs is 1. The summed E-state index contributed by atoms with van der Waals surface area (Å²) in [6.45, 7) is 0.833. The van der Waals surface area contributed by atoms with Gasteiger partial charge in [-0.15, -0.1) is 0 Å². The van der Waals surface area contributed by atoms with Crippen LogP contribution in [-0.4, -0.2) is 50.0 Å². The first kappa shape index (κ1) is 22.1. The van der Waals surface area contributed by atoms with Crippen LogP contribution in [0, 0.1) is 5.82 Å². The van der Waals surface area contributed by atoms with E-state index < -0.39 is 35.0 Å². The van der Waals surface area contributed by atoms with E-state index in [0.29, 0.717) is 30.6 Å². The third-order valence-electron chi connectivity index (χ3n) is 5.83. The number of piperidine rings is 1. The molecule has 0 bridgehead atoms. The lowest BCUT2D eigenvalue weighted by Gasteiger charge is -2.31. The molecule has 11 heteroatoms. The summed E-state index contributed by atoms with van der Waals surface area (Å²) in [6, 6.07) is 5.93. The molecular formula is C23H19F4N5O2. The molecular weight excluding hydrogens is 454 g/mol. The molecule has 1 aliphatic heterocycles. The van der Waals surface area contributed by atoms with Crippen molar-refractivity contribution in [1.82, 2.24) is 19.9 Å². The van der Waals surface area contributed by atoms with Crippen LogP contribution in [0.4, 0.5) is 23.4 Å². The van der Waals surface area contributed by atoms with Gasteiger partial charge in [0.05, 0.1) is 29.1 Å². The number of benzene rings is 1. The number of imidazole rings is 1. The zero-order valence-electron chi connectivity index (χ0n) is 17.7. The van der Waals surface area contributed by atoms with Crippen LogP contribution in [0.25, 0.3) is 22.6 Å². The summed E-state index contributed by atoms with van der Waals surface area (Å²) in [7, 11) is 0. The molecule has 3 aromatic heterocycles. The number of H-pyrrole nitrogens is 2. The van der Waals surface area contributed by atoms with E-state index in [1.165, 1.54) is 30.6 Å². The van der Waals surface area contributed by atoms with Gasteiger partial charge in [0.1, 0.15) is 5.52 Å². The van der Waals surface area contributed by atoms with Crippen LogP contribution in [-0.2, 0) is 6.18 Å². The topological polar surface area (TPSA) is 97.9 Å². The molecule has 1 aromatic carbocycles. The molecule has 1 fully saturated rings. The Morgan fingerprint density at radius 1 is 1.24 bits per heavy atom. The number of halogens is 4. The highest BCUT2D eigenvalue weighted by atomic mass is 19.4. The summed E-state index contributed by atoms with van der Waals surface area (Å²) in [5.41, 5.74) is -0.820. The fourth-order valence-corrected chi connectivity index (χ4v) is 4.18. The third kappa shape index (κ3) is 3.92. The number of hydrogen-bond acceptors (Lipinski definition) is 5. The Bertz CT molecular complexity index is 1380. The van der Waals surface area contributed by atoms with E-state index >= 15 is 4.39 Å². The number of ketones is 1. The molecule has 1 saturated heterocycles. The molecule has 5 rings (SSSR count). The molecule has 1 atom stereocenters. The van der Waals surface area contributed by atoms with Crippen LogP contribution < -0.4 is 4.90 Å². The first-order chi connectivity index (χ1) is 16.2. The van der Waals surface area contributed by atoms with Crippen molar-refractivity contribution in [3.63, 3.8) is 0 Å². The molecule has 0 radical (unpaired) electrons. The zero-order valence-corrected chi connectivity index (χ0v) is 17.7. The van der Waals surface area contributed by atoms with Gasteiger partial charge in [-0.3, -0.25) is 4.79 Å². The molecule has 4 aromatic rings. The lowest BCUT2D eigenvalue weighted by Crippen LogP contribution is -2.39. The van der Waals surface area contributed by atoms with Gasteiger partial charge in [0.25, 0.3) is 0 Å². The molecule has 34 heavy (non-hydrogen) atoms. The van der Waals surface area contributed by atoms with E-state index in [9.17, 15) is 23.1 Å². The van der Waals surface area contributed by atoms with E-state index in [2.05, 4.69) is 19.9 Å². The van der Waals surface area contributed by atoms with Crippen molar-refractivity contribution in [2.75, 3.05) is 18.0 Å². The van der Waals surface area contributed by atoms with Crippen LogP contribution in [0.15, 0.2) is 42.7 Å². The fourth-order valence-electron chi connectivity index (χ4n) is 4.18. The van der Waals surface area contributed by atoms with Gasteiger partial charge in [0.15, 0.2) is 23.2 Å². The second-order valence-electron chi connectivity index (χ2n) is 8.16. The first-order valence-corrected chi connectivity index (χ1v) is 10.6. The summed E-state index contributed by atoms with van der Waals surface area (Å²) in [5.74, 6) is -1.15. The first-order valence-electron chi connectivity index (χ1n) is 10.6. The molecule has 0 spiro atoms. The van der Waals surface area contributed by atoms with Gasteiger partial charge in [-0.2, -0.15) is 13.2 Å². The number of aromatic amines is 2. The Kier molecular flexibility index (Phi) is 5.35. The summed E-state index contributed by atoms with van der Waals surface area (Å²) < 4.78 is 55.1. The van der Waals surface area contributed by atoms with Gasteiger partial charge >= 0.3 is 6.18 Å². The van der Waals surface area contributed by atoms with Crippen molar-refractivity contribution in [2.24, 2.45) is 0 Å². The van der Waals surface area contributed by atoms with Crippen LogP contribution in [0.1, 0.15) is 34.3 Å².